The quantitative estimate of drug-likeness (QED) is 0.806. The van der Waals surface area contributed by atoms with E-state index in [4.69, 9.17) is 5.11 Å². The van der Waals surface area contributed by atoms with Crippen LogP contribution < -0.4 is 0 Å². The summed E-state index contributed by atoms with van der Waals surface area (Å²) in [5.41, 5.74) is 0. The first-order valence-corrected chi connectivity index (χ1v) is 5.04. The second-order valence-electron chi connectivity index (χ2n) is 3.77. The number of hydrogen-bond donors (Lipinski definition) is 1. The van der Waals surface area contributed by atoms with Crippen molar-refractivity contribution in [3.63, 3.8) is 0 Å². The minimum absolute atomic E-state index is 0.114. The second kappa shape index (κ2) is 5.49. The lowest BCUT2D eigenvalue weighted by Crippen LogP contribution is -2.40. The van der Waals surface area contributed by atoms with E-state index in [-0.39, 0.29) is 6.54 Å². The van der Waals surface area contributed by atoms with Crippen LogP contribution in [-0.2, 0) is 9.53 Å². The van der Waals surface area contributed by atoms with Gasteiger partial charge >= 0.3 is 12.3 Å². The Morgan fingerprint density at radius 2 is 2.19 bits per heavy atom. The molecular weight excluding hydrogens is 227 g/mol. The molecule has 94 valence electrons. The van der Waals surface area contributed by atoms with Crippen molar-refractivity contribution in [1.29, 1.82) is 0 Å². The first-order chi connectivity index (χ1) is 7.38. The standard InChI is InChI=1S/C9H14F3NO3/c10-9(11,12)16-5-4-13-3-1-2-7(6-13)8(14)15/h7H,1-6H2,(H,14,15). The molecule has 1 fully saturated rings. The summed E-state index contributed by atoms with van der Waals surface area (Å²) in [5, 5.41) is 8.77. The number of ether oxygens (including phenoxy) is 1. The number of carboxylic acids is 1. The molecule has 0 radical (unpaired) electrons. The van der Waals surface area contributed by atoms with Crippen molar-refractivity contribution in [3.05, 3.63) is 0 Å². The Morgan fingerprint density at radius 1 is 1.50 bits per heavy atom. The predicted molar refractivity (Wildman–Crippen MR) is 48.8 cm³/mol. The van der Waals surface area contributed by atoms with Crippen LogP contribution in [0.5, 0.6) is 0 Å². The zero-order valence-corrected chi connectivity index (χ0v) is 8.66. The van der Waals surface area contributed by atoms with Crippen LogP contribution in [0.3, 0.4) is 0 Å². The van der Waals surface area contributed by atoms with Gasteiger partial charge in [0, 0.05) is 13.1 Å². The number of rotatable bonds is 4. The van der Waals surface area contributed by atoms with E-state index in [1.807, 2.05) is 0 Å². The van der Waals surface area contributed by atoms with Crippen molar-refractivity contribution in [3.8, 4) is 0 Å². The zero-order valence-electron chi connectivity index (χ0n) is 8.66. The Hall–Kier alpha value is -0.820. The predicted octanol–water partition coefficient (Wildman–Crippen LogP) is 1.32. The van der Waals surface area contributed by atoms with Gasteiger partial charge < -0.3 is 10.0 Å². The van der Waals surface area contributed by atoms with Crippen LogP contribution >= 0.6 is 0 Å². The lowest BCUT2D eigenvalue weighted by molar-refractivity contribution is -0.325. The van der Waals surface area contributed by atoms with Crippen LogP contribution in [0.4, 0.5) is 13.2 Å². The van der Waals surface area contributed by atoms with E-state index in [1.165, 1.54) is 0 Å². The molecule has 1 rings (SSSR count). The molecule has 0 bridgehead atoms. The molecule has 0 aromatic rings. The fraction of sp³-hybridized carbons (Fsp3) is 0.889. The first kappa shape index (κ1) is 13.2. The van der Waals surface area contributed by atoms with Gasteiger partial charge in [-0.1, -0.05) is 0 Å². The van der Waals surface area contributed by atoms with Crippen molar-refractivity contribution in [1.82, 2.24) is 4.90 Å². The number of alkyl halides is 3. The monoisotopic (exact) mass is 241 g/mol. The molecule has 0 amide bonds. The lowest BCUT2D eigenvalue weighted by atomic mass is 9.98. The summed E-state index contributed by atoms with van der Waals surface area (Å²) in [5.74, 6) is -1.36. The number of halogens is 3. The summed E-state index contributed by atoms with van der Waals surface area (Å²) in [4.78, 5) is 12.4. The fourth-order valence-electron chi connectivity index (χ4n) is 1.75. The Bertz CT molecular complexity index is 245. The van der Waals surface area contributed by atoms with Gasteiger partial charge in [0.2, 0.25) is 0 Å². The SMILES string of the molecule is O=C(O)C1CCCN(CCOC(F)(F)F)C1. The van der Waals surface area contributed by atoms with E-state index >= 15 is 0 Å². The smallest absolute Gasteiger partial charge is 0.481 e. The Morgan fingerprint density at radius 3 is 2.75 bits per heavy atom. The van der Waals surface area contributed by atoms with Crippen LogP contribution in [0.25, 0.3) is 0 Å². The topological polar surface area (TPSA) is 49.8 Å². The fourth-order valence-corrected chi connectivity index (χ4v) is 1.75. The maximum atomic E-state index is 11.7. The normalized spacial score (nSPS) is 23.3. The summed E-state index contributed by atoms with van der Waals surface area (Å²) in [6.45, 7) is 0.598. The average molecular weight is 241 g/mol. The van der Waals surface area contributed by atoms with E-state index in [0.29, 0.717) is 25.9 Å². The third-order valence-corrected chi connectivity index (χ3v) is 2.53. The Kier molecular flexibility index (Phi) is 4.55. The number of likely N-dealkylation sites (tertiary alicyclic amines) is 1. The zero-order chi connectivity index (χ0) is 12.2. The van der Waals surface area contributed by atoms with Crippen LogP contribution in [0.15, 0.2) is 0 Å². The van der Waals surface area contributed by atoms with Crippen molar-refractivity contribution < 1.29 is 27.8 Å². The highest BCUT2D eigenvalue weighted by molar-refractivity contribution is 5.70. The van der Waals surface area contributed by atoms with Gasteiger partial charge in [0.05, 0.1) is 12.5 Å². The molecule has 1 saturated heterocycles. The molecule has 1 heterocycles. The molecule has 7 heteroatoms. The third-order valence-electron chi connectivity index (χ3n) is 2.53. The maximum Gasteiger partial charge on any atom is 0.522 e. The molecule has 0 aromatic heterocycles. The average Bonchev–Trinajstić information content (AvgIpc) is 2.16. The van der Waals surface area contributed by atoms with E-state index in [9.17, 15) is 18.0 Å². The Labute approximate surface area is 91.0 Å². The number of aliphatic carboxylic acids is 1. The number of carboxylic acid groups (broad SMARTS) is 1. The number of nitrogens with zero attached hydrogens (tertiary/aromatic N) is 1. The summed E-state index contributed by atoms with van der Waals surface area (Å²) >= 11 is 0. The van der Waals surface area contributed by atoms with Gasteiger partial charge in [-0.05, 0) is 19.4 Å². The molecule has 0 aromatic carbocycles. The van der Waals surface area contributed by atoms with Gasteiger partial charge in [0.1, 0.15) is 0 Å². The summed E-state index contributed by atoms with van der Waals surface area (Å²) in [6, 6.07) is 0. The van der Waals surface area contributed by atoms with Crippen LogP contribution in [0.1, 0.15) is 12.8 Å². The van der Waals surface area contributed by atoms with Gasteiger partial charge in [-0.2, -0.15) is 0 Å². The summed E-state index contributed by atoms with van der Waals surface area (Å²) < 4.78 is 38.7. The molecule has 1 atom stereocenters. The molecular formula is C9H14F3NO3. The van der Waals surface area contributed by atoms with Crippen molar-refractivity contribution in [2.75, 3.05) is 26.2 Å². The van der Waals surface area contributed by atoms with Crippen LogP contribution in [-0.4, -0.2) is 48.6 Å². The van der Waals surface area contributed by atoms with Crippen LogP contribution in [0, 0.1) is 5.92 Å². The number of carbonyl (C=O) groups is 1. The molecule has 1 aliphatic rings. The van der Waals surface area contributed by atoms with Crippen molar-refractivity contribution in [2.45, 2.75) is 19.2 Å². The number of hydrogen-bond acceptors (Lipinski definition) is 3. The first-order valence-electron chi connectivity index (χ1n) is 5.04. The van der Waals surface area contributed by atoms with E-state index in [0.717, 1.165) is 0 Å². The third kappa shape index (κ3) is 4.80. The molecule has 1 aliphatic heterocycles. The largest absolute Gasteiger partial charge is 0.522 e. The summed E-state index contributed by atoms with van der Waals surface area (Å²) in [6.07, 6.45) is -3.32. The van der Waals surface area contributed by atoms with Crippen molar-refractivity contribution >= 4 is 5.97 Å². The number of piperidine rings is 1. The molecule has 0 aliphatic carbocycles. The Balaban J connectivity index is 2.24. The highest BCUT2D eigenvalue weighted by atomic mass is 19.4. The van der Waals surface area contributed by atoms with E-state index in [1.54, 1.807) is 4.90 Å². The molecule has 1 unspecified atom stereocenters. The highest BCUT2D eigenvalue weighted by Gasteiger charge is 2.30. The molecule has 1 N–H and O–H groups in total. The lowest BCUT2D eigenvalue weighted by Gasteiger charge is -2.30. The highest BCUT2D eigenvalue weighted by Crippen LogP contribution is 2.18. The molecule has 4 nitrogen and oxygen atoms in total. The van der Waals surface area contributed by atoms with Gasteiger partial charge in [-0.25, -0.2) is 0 Å². The minimum Gasteiger partial charge on any atom is -0.481 e. The van der Waals surface area contributed by atoms with Gasteiger partial charge in [-0.3, -0.25) is 9.53 Å². The van der Waals surface area contributed by atoms with Gasteiger partial charge in [0.25, 0.3) is 0 Å². The van der Waals surface area contributed by atoms with Crippen LogP contribution in [0.2, 0.25) is 0 Å². The summed E-state index contributed by atoms with van der Waals surface area (Å²) in [7, 11) is 0. The van der Waals surface area contributed by atoms with Gasteiger partial charge in [-0.15, -0.1) is 13.2 Å². The van der Waals surface area contributed by atoms with Gasteiger partial charge in [0.15, 0.2) is 0 Å². The molecule has 0 spiro atoms. The second-order valence-corrected chi connectivity index (χ2v) is 3.77. The molecule has 16 heavy (non-hydrogen) atoms. The molecule has 0 saturated carbocycles. The van der Waals surface area contributed by atoms with E-state index < -0.39 is 24.9 Å². The minimum atomic E-state index is -4.61. The van der Waals surface area contributed by atoms with Crippen molar-refractivity contribution in [2.24, 2.45) is 5.92 Å². The van der Waals surface area contributed by atoms with E-state index in [2.05, 4.69) is 4.74 Å². The maximum absolute atomic E-state index is 11.7.